The van der Waals surface area contributed by atoms with Crippen LogP contribution in [-0.2, 0) is 16.1 Å². The van der Waals surface area contributed by atoms with E-state index in [1.807, 2.05) is 68.6 Å². The van der Waals surface area contributed by atoms with Crippen LogP contribution in [0.1, 0.15) is 55.3 Å². The molecule has 0 radical (unpaired) electrons. The molecule has 13 heteroatoms. The lowest BCUT2D eigenvalue weighted by Gasteiger charge is -2.28. The lowest BCUT2D eigenvalue weighted by molar-refractivity contribution is -0.129. The van der Waals surface area contributed by atoms with Crippen LogP contribution in [0.3, 0.4) is 0 Å². The van der Waals surface area contributed by atoms with E-state index in [1.54, 1.807) is 38.4 Å². The standard InChI is InChI=1S/C32H39N9O3S/c1-22(2)28-30-37-29(23-10-5-4-6-11-23)38-40(30)18-17-39(16-9-14-27(42)35-25(15-19-45-3)31(43)36-28)32(44)24-12-7-8-13-26(24)41-21-33-20-34-41/h4-8,10-13,20-22,25,28H,9,14-19H2,1-3H3,(H,35,42)(H,36,43)/t25-,28+/m0/s1. The topological polar surface area (TPSA) is 140 Å². The molecule has 45 heavy (non-hydrogen) atoms. The quantitative estimate of drug-likeness (QED) is 0.317. The molecule has 5 rings (SSSR count). The molecular formula is C32H39N9O3S. The van der Waals surface area contributed by atoms with E-state index in [0.717, 1.165) is 5.56 Å². The summed E-state index contributed by atoms with van der Waals surface area (Å²) in [6.45, 7) is 5.02. The van der Waals surface area contributed by atoms with E-state index in [2.05, 4.69) is 20.7 Å². The van der Waals surface area contributed by atoms with E-state index in [4.69, 9.17) is 10.1 Å². The molecule has 0 fully saturated rings. The molecule has 2 aromatic heterocycles. The predicted molar refractivity (Wildman–Crippen MR) is 173 cm³/mol. The van der Waals surface area contributed by atoms with Crippen molar-refractivity contribution in [2.24, 2.45) is 5.92 Å². The van der Waals surface area contributed by atoms with Crippen LogP contribution in [-0.4, -0.2) is 83.3 Å². The number of nitrogens with one attached hydrogen (secondary N) is 2. The molecule has 3 heterocycles. The third-order valence-corrected chi connectivity index (χ3v) is 8.38. The van der Waals surface area contributed by atoms with Crippen LogP contribution >= 0.6 is 11.8 Å². The molecule has 0 saturated carbocycles. The fourth-order valence-corrected chi connectivity index (χ4v) is 5.80. The third-order valence-electron chi connectivity index (χ3n) is 7.74. The van der Waals surface area contributed by atoms with Gasteiger partial charge in [-0.15, -0.1) is 0 Å². The van der Waals surface area contributed by atoms with Crippen LogP contribution in [0.5, 0.6) is 0 Å². The van der Waals surface area contributed by atoms with Crippen molar-refractivity contribution in [2.75, 3.05) is 25.1 Å². The maximum absolute atomic E-state index is 14.1. The number of rotatable bonds is 7. The summed E-state index contributed by atoms with van der Waals surface area (Å²) in [5.74, 6) is 1.16. The summed E-state index contributed by atoms with van der Waals surface area (Å²) in [5, 5.41) is 15.2. The number of benzene rings is 2. The maximum atomic E-state index is 14.1. The monoisotopic (exact) mass is 629 g/mol. The minimum Gasteiger partial charge on any atom is -0.344 e. The Bertz CT molecular complexity index is 1590. The molecule has 0 spiro atoms. The Labute approximate surface area is 267 Å². The van der Waals surface area contributed by atoms with E-state index < -0.39 is 12.1 Å². The van der Waals surface area contributed by atoms with Crippen molar-refractivity contribution < 1.29 is 14.4 Å². The molecule has 3 amide bonds. The number of hydrogen-bond acceptors (Lipinski definition) is 8. The van der Waals surface area contributed by atoms with Gasteiger partial charge >= 0.3 is 0 Å². The molecule has 1 aliphatic heterocycles. The zero-order valence-corrected chi connectivity index (χ0v) is 26.6. The van der Waals surface area contributed by atoms with Gasteiger partial charge in [-0.1, -0.05) is 56.3 Å². The number of para-hydroxylation sites is 1. The van der Waals surface area contributed by atoms with Crippen molar-refractivity contribution in [3.05, 3.63) is 78.6 Å². The number of fused-ring (bicyclic) bond motifs is 1. The van der Waals surface area contributed by atoms with Crippen molar-refractivity contribution >= 4 is 29.5 Å². The van der Waals surface area contributed by atoms with Crippen LogP contribution in [0.15, 0.2) is 67.3 Å². The second kappa shape index (κ2) is 15.0. The van der Waals surface area contributed by atoms with Crippen molar-refractivity contribution in [3.63, 3.8) is 0 Å². The molecule has 1 aliphatic rings. The molecular weight excluding hydrogens is 590 g/mol. The maximum Gasteiger partial charge on any atom is 0.256 e. The zero-order chi connectivity index (χ0) is 31.8. The number of aromatic nitrogens is 6. The van der Waals surface area contributed by atoms with Gasteiger partial charge in [-0.25, -0.2) is 19.3 Å². The molecule has 12 nitrogen and oxygen atoms in total. The highest BCUT2D eigenvalue weighted by Crippen LogP contribution is 2.25. The SMILES string of the molecule is CSCC[C@@H]1NC(=O)CCCN(C(=O)c2ccccc2-n2cncn2)CCn2nc(-c3ccccc3)nc2[C@@H](C(C)C)NC1=O. The van der Waals surface area contributed by atoms with Crippen molar-refractivity contribution in [3.8, 4) is 17.1 Å². The number of hydrogen-bond donors (Lipinski definition) is 2. The lowest BCUT2D eigenvalue weighted by atomic mass is 10.0. The van der Waals surface area contributed by atoms with Gasteiger partial charge in [-0.05, 0) is 42.9 Å². The van der Waals surface area contributed by atoms with Gasteiger partial charge in [0.1, 0.15) is 18.7 Å². The highest BCUT2D eigenvalue weighted by molar-refractivity contribution is 7.98. The Morgan fingerprint density at radius 1 is 1.02 bits per heavy atom. The minimum absolute atomic E-state index is 0.0300. The van der Waals surface area contributed by atoms with Gasteiger partial charge in [-0.3, -0.25) is 14.4 Å². The summed E-state index contributed by atoms with van der Waals surface area (Å²) in [7, 11) is 0. The number of amides is 3. The summed E-state index contributed by atoms with van der Waals surface area (Å²) >= 11 is 1.62. The average Bonchev–Trinajstić information content (AvgIpc) is 3.74. The van der Waals surface area contributed by atoms with Crippen LogP contribution in [0.2, 0.25) is 0 Å². The second-order valence-electron chi connectivity index (χ2n) is 11.3. The third kappa shape index (κ3) is 7.77. The molecule has 2 aromatic carbocycles. The lowest BCUT2D eigenvalue weighted by Crippen LogP contribution is -2.49. The van der Waals surface area contributed by atoms with E-state index in [-0.39, 0.29) is 30.1 Å². The van der Waals surface area contributed by atoms with E-state index in [1.165, 1.54) is 6.33 Å². The first-order chi connectivity index (χ1) is 21.9. The number of carbonyl (C=O) groups is 3. The number of carbonyl (C=O) groups excluding carboxylic acids is 3. The minimum atomic E-state index is -0.689. The molecule has 0 unspecified atom stereocenters. The fraction of sp³-hybridized carbons (Fsp3) is 0.406. The Balaban J connectivity index is 1.53. The highest BCUT2D eigenvalue weighted by atomic mass is 32.2. The highest BCUT2D eigenvalue weighted by Gasteiger charge is 2.30. The van der Waals surface area contributed by atoms with Crippen LogP contribution in [0, 0.1) is 5.92 Å². The summed E-state index contributed by atoms with van der Waals surface area (Å²) in [6, 6.07) is 15.8. The van der Waals surface area contributed by atoms with Crippen LogP contribution in [0.25, 0.3) is 17.1 Å². The molecule has 4 aromatic rings. The van der Waals surface area contributed by atoms with Crippen molar-refractivity contribution in [2.45, 2.75) is 51.7 Å². The van der Waals surface area contributed by atoms with Gasteiger partial charge in [-0.2, -0.15) is 22.0 Å². The van der Waals surface area contributed by atoms with E-state index in [9.17, 15) is 14.4 Å². The molecule has 236 valence electrons. The van der Waals surface area contributed by atoms with Gasteiger partial charge < -0.3 is 15.5 Å². The average molecular weight is 630 g/mol. The van der Waals surface area contributed by atoms with Crippen molar-refractivity contribution in [1.29, 1.82) is 0 Å². The Kier molecular flexibility index (Phi) is 10.6. The van der Waals surface area contributed by atoms with E-state index in [0.29, 0.717) is 61.1 Å². The molecule has 0 bridgehead atoms. The zero-order valence-electron chi connectivity index (χ0n) is 25.8. The summed E-state index contributed by atoms with van der Waals surface area (Å²) in [6.07, 6.45) is 6.05. The first-order valence-electron chi connectivity index (χ1n) is 15.2. The smallest absolute Gasteiger partial charge is 0.256 e. The Hall–Kier alpha value is -4.52. The molecule has 2 N–H and O–H groups in total. The van der Waals surface area contributed by atoms with Gasteiger partial charge in [0.15, 0.2) is 11.6 Å². The Morgan fingerprint density at radius 2 is 1.80 bits per heavy atom. The van der Waals surface area contributed by atoms with Gasteiger partial charge in [0, 0.05) is 25.1 Å². The Morgan fingerprint density at radius 3 is 2.53 bits per heavy atom. The molecule has 2 atom stereocenters. The molecule has 0 saturated heterocycles. The summed E-state index contributed by atoms with van der Waals surface area (Å²) in [4.78, 5) is 51.5. The fourth-order valence-electron chi connectivity index (χ4n) is 5.33. The summed E-state index contributed by atoms with van der Waals surface area (Å²) in [5.41, 5.74) is 1.94. The van der Waals surface area contributed by atoms with Gasteiger partial charge in [0.2, 0.25) is 11.8 Å². The largest absolute Gasteiger partial charge is 0.344 e. The first kappa shape index (κ1) is 31.9. The number of thioether (sulfide) groups is 1. The molecule has 0 aliphatic carbocycles. The predicted octanol–water partition coefficient (Wildman–Crippen LogP) is 3.51. The second-order valence-corrected chi connectivity index (χ2v) is 12.3. The number of nitrogens with zero attached hydrogens (tertiary/aromatic N) is 7. The summed E-state index contributed by atoms with van der Waals surface area (Å²) < 4.78 is 3.37. The van der Waals surface area contributed by atoms with Crippen LogP contribution < -0.4 is 10.6 Å². The van der Waals surface area contributed by atoms with Crippen molar-refractivity contribution in [1.82, 2.24) is 45.1 Å². The first-order valence-corrected chi connectivity index (χ1v) is 16.6. The van der Waals surface area contributed by atoms with Gasteiger partial charge in [0.25, 0.3) is 5.91 Å². The van der Waals surface area contributed by atoms with Gasteiger partial charge in [0.05, 0.1) is 23.8 Å². The van der Waals surface area contributed by atoms with Crippen LogP contribution in [0.4, 0.5) is 0 Å². The normalized spacial score (nSPS) is 18.2. The van der Waals surface area contributed by atoms with E-state index >= 15 is 0 Å².